The Morgan fingerprint density at radius 3 is 3.05 bits per heavy atom. The van der Waals surface area contributed by atoms with E-state index in [0.717, 1.165) is 17.9 Å². The normalized spacial score (nSPS) is 10.6. The molecule has 0 bridgehead atoms. The van der Waals surface area contributed by atoms with Crippen LogP contribution in [0, 0.1) is 0 Å². The standard InChI is InChI=1S/C14H15ClN2OS/c1-2-6-17-9-11(8-16-17)14(18)10-19-13-5-3-4-12(15)7-13/h3-5,7-9H,2,6,10H2,1H3. The molecule has 0 aliphatic carbocycles. The highest BCUT2D eigenvalue weighted by molar-refractivity contribution is 8.00. The maximum atomic E-state index is 12.0. The van der Waals surface area contributed by atoms with E-state index in [1.165, 1.54) is 11.8 Å². The van der Waals surface area contributed by atoms with E-state index in [1.54, 1.807) is 10.9 Å². The maximum absolute atomic E-state index is 12.0. The lowest BCUT2D eigenvalue weighted by Gasteiger charge is -2.00. The van der Waals surface area contributed by atoms with Crippen LogP contribution in [0.4, 0.5) is 0 Å². The molecule has 0 aliphatic rings. The van der Waals surface area contributed by atoms with E-state index in [9.17, 15) is 4.79 Å². The molecule has 1 heterocycles. The summed E-state index contributed by atoms with van der Waals surface area (Å²) in [6.07, 6.45) is 4.45. The van der Waals surface area contributed by atoms with Crippen molar-refractivity contribution in [1.82, 2.24) is 9.78 Å². The molecule has 0 saturated carbocycles. The van der Waals surface area contributed by atoms with Crippen molar-refractivity contribution in [3.8, 4) is 0 Å². The lowest BCUT2D eigenvalue weighted by molar-refractivity contribution is 0.102. The first kappa shape index (κ1) is 14.2. The van der Waals surface area contributed by atoms with Gasteiger partial charge in [-0.2, -0.15) is 5.10 Å². The lowest BCUT2D eigenvalue weighted by atomic mass is 10.3. The van der Waals surface area contributed by atoms with Crippen molar-refractivity contribution in [2.45, 2.75) is 24.8 Å². The first-order valence-electron chi connectivity index (χ1n) is 6.13. The summed E-state index contributed by atoms with van der Waals surface area (Å²) in [5.74, 6) is 0.491. The molecule has 5 heteroatoms. The molecule has 1 aromatic carbocycles. The Balaban J connectivity index is 1.93. The van der Waals surface area contributed by atoms with Gasteiger partial charge < -0.3 is 0 Å². The van der Waals surface area contributed by atoms with Gasteiger partial charge in [0.05, 0.1) is 17.5 Å². The van der Waals surface area contributed by atoms with E-state index >= 15 is 0 Å². The summed E-state index contributed by atoms with van der Waals surface area (Å²) in [6.45, 7) is 2.92. The van der Waals surface area contributed by atoms with Crippen LogP contribution in [-0.2, 0) is 6.54 Å². The van der Waals surface area contributed by atoms with Gasteiger partial charge in [-0.15, -0.1) is 11.8 Å². The maximum Gasteiger partial charge on any atom is 0.176 e. The van der Waals surface area contributed by atoms with Gasteiger partial charge in [-0.3, -0.25) is 9.48 Å². The highest BCUT2D eigenvalue weighted by Gasteiger charge is 2.09. The van der Waals surface area contributed by atoms with Gasteiger partial charge in [0.2, 0.25) is 0 Å². The first-order chi connectivity index (χ1) is 9.19. The predicted molar refractivity (Wildman–Crippen MR) is 79.0 cm³/mol. The third kappa shape index (κ3) is 4.11. The number of aryl methyl sites for hydroxylation is 1. The Kier molecular flexibility index (Phi) is 5.05. The van der Waals surface area contributed by atoms with Crippen molar-refractivity contribution in [2.24, 2.45) is 0 Å². The van der Waals surface area contributed by atoms with Gasteiger partial charge in [0.25, 0.3) is 0 Å². The van der Waals surface area contributed by atoms with Gasteiger partial charge in [0.1, 0.15) is 0 Å². The Hall–Kier alpha value is -1.26. The summed E-state index contributed by atoms with van der Waals surface area (Å²) in [7, 11) is 0. The second kappa shape index (κ2) is 6.78. The van der Waals surface area contributed by atoms with Crippen LogP contribution in [0.2, 0.25) is 5.02 Å². The number of ketones is 1. The number of hydrogen-bond acceptors (Lipinski definition) is 3. The monoisotopic (exact) mass is 294 g/mol. The summed E-state index contributed by atoms with van der Waals surface area (Å²) in [5, 5.41) is 4.85. The highest BCUT2D eigenvalue weighted by Crippen LogP contribution is 2.22. The molecule has 0 N–H and O–H groups in total. The zero-order valence-electron chi connectivity index (χ0n) is 10.7. The molecule has 0 radical (unpaired) electrons. The smallest absolute Gasteiger partial charge is 0.176 e. The van der Waals surface area contributed by atoms with Crippen LogP contribution >= 0.6 is 23.4 Å². The van der Waals surface area contributed by atoms with E-state index in [0.29, 0.717) is 16.3 Å². The molecule has 0 saturated heterocycles. The number of Topliss-reactive ketones (excluding diaryl/α,β-unsaturated/α-hetero) is 1. The van der Waals surface area contributed by atoms with Crippen LogP contribution < -0.4 is 0 Å². The summed E-state index contributed by atoms with van der Waals surface area (Å²) >= 11 is 7.39. The number of hydrogen-bond donors (Lipinski definition) is 0. The summed E-state index contributed by atoms with van der Waals surface area (Å²) in [5.41, 5.74) is 0.669. The largest absolute Gasteiger partial charge is 0.293 e. The van der Waals surface area contributed by atoms with Crippen LogP contribution in [0.15, 0.2) is 41.6 Å². The Labute approximate surface area is 122 Å². The van der Waals surface area contributed by atoms with E-state index in [1.807, 2.05) is 30.5 Å². The van der Waals surface area contributed by atoms with E-state index in [4.69, 9.17) is 11.6 Å². The third-order valence-corrected chi connectivity index (χ3v) is 3.80. The molecule has 0 aliphatic heterocycles. The molecule has 19 heavy (non-hydrogen) atoms. The van der Waals surface area contributed by atoms with E-state index in [2.05, 4.69) is 12.0 Å². The molecule has 100 valence electrons. The van der Waals surface area contributed by atoms with Crippen molar-refractivity contribution in [3.63, 3.8) is 0 Å². The average Bonchev–Trinajstić information content (AvgIpc) is 2.85. The highest BCUT2D eigenvalue weighted by atomic mass is 35.5. The zero-order chi connectivity index (χ0) is 13.7. The van der Waals surface area contributed by atoms with Crippen molar-refractivity contribution in [3.05, 3.63) is 47.2 Å². The van der Waals surface area contributed by atoms with Crippen LogP contribution in [-0.4, -0.2) is 21.3 Å². The molecule has 0 atom stereocenters. The van der Waals surface area contributed by atoms with Crippen molar-refractivity contribution >= 4 is 29.1 Å². The molecule has 0 fully saturated rings. The number of nitrogens with zero attached hydrogens (tertiary/aromatic N) is 2. The third-order valence-electron chi connectivity index (χ3n) is 2.57. The second-order valence-corrected chi connectivity index (χ2v) is 5.65. The van der Waals surface area contributed by atoms with Gasteiger partial charge in [-0.1, -0.05) is 24.6 Å². The van der Waals surface area contributed by atoms with Crippen molar-refractivity contribution in [1.29, 1.82) is 0 Å². The van der Waals surface area contributed by atoms with Gasteiger partial charge >= 0.3 is 0 Å². The van der Waals surface area contributed by atoms with Crippen LogP contribution in [0.1, 0.15) is 23.7 Å². The van der Waals surface area contributed by atoms with E-state index < -0.39 is 0 Å². The minimum absolute atomic E-state index is 0.0901. The molecule has 0 unspecified atom stereocenters. The number of carbonyl (C=O) groups excluding carboxylic acids is 1. The molecular weight excluding hydrogens is 280 g/mol. The first-order valence-corrected chi connectivity index (χ1v) is 7.49. The topological polar surface area (TPSA) is 34.9 Å². The molecular formula is C14H15ClN2OS. The molecule has 3 nitrogen and oxygen atoms in total. The van der Waals surface area contributed by atoms with Gasteiger partial charge in [-0.05, 0) is 24.6 Å². The predicted octanol–water partition coefficient (Wildman–Crippen LogP) is 3.92. The molecule has 0 amide bonds. The second-order valence-electron chi connectivity index (χ2n) is 4.16. The minimum Gasteiger partial charge on any atom is -0.293 e. The fourth-order valence-electron chi connectivity index (χ4n) is 1.65. The SMILES string of the molecule is CCCn1cc(C(=O)CSc2cccc(Cl)c2)cn1. The Morgan fingerprint density at radius 1 is 1.47 bits per heavy atom. The number of benzene rings is 1. The quantitative estimate of drug-likeness (QED) is 0.598. The van der Waals surface area contributed by atoms with E-state index in [-0.39, 0.29) is 5.78 Å². The number of halogens is 1. The minimum atomic E-state index is 0.0901. The molecule has 2 aromatic rings. The fourth-order valence-corrected chi connectivity index (χ4v) is 2.75. The van der Waals surface area contributed by atoms with Gasteiger partial charge in [0, 0.05) is 22.7 Å². The van der Waals surface area contributed by atoms with Crippen LogP contribution in [0.25, 0.3) is 0 Å². The van der Waals surface area contributed by atoms with Crippen LogP contribution in [0.5, 0.6) is 0 Å². The van der Waals surface area contributed by atoms with Crippen LogP contribution in [0.3, 0.4) is 0 Å². The molecule has 1 aromatic heterocycles. The number of carbonyl (C=O) groups is 1. The van der Waals surface area contributed by atoms with Crippen molar-refractivity contribution < 1.29 is 4.79 Å². The zero-order valence-corrected chi connectivity index (χ0v) is 12.2. The number of rotatable bonds is 6. The Bertz CT molecular complexity index is 568. The van der Waals surface area contributed by atoms with Gasteiger partial charge in [0.15, 0.2) is 5.78 Å². The fraction of sp³-hybridized carbons (Fsp3) is 0.286. The lowest BCUT2D eigenvalue weighted by Crippen LogP contribution is -2.01. The Morgan fingerprint density at radius 2 is 2.32 bits per heavy atom. The summed E-state index contributed by atoms with van der Waals surface area (Å²) in [6, 6.07) is 7.51. The van der Waals surface area contributed by atoms with Crippen molar-refractivity contribution in [2.75, 3.05) is 5.75 Å². The average molecular weight is 295 g/mol. The number of thioether (sulfide) groups is 1. The molecule has 0 spiro atoms. The molecule has 2 rings (SSSR count). The van der Waals surface area contributed by atoms with Gasteiger partial charge in [-0.25, -0.2) is 0 Å². The summed E-state index contributed by atoms with van der Waals surface area (Å²) in [4.78, 5) is 13.0. The number of aromatic nitrogens is 2. The summed E-state index contributed by atoms with van der Waals surface area (Å²) < 4.78 is 1.80.